The van der Waals surface area contributed by atoms with Crippen molar-refractivity contribution in [3.63, 3.8) is 0 Å². The largest absolute Gasteiger partial charge is 0.480 e. The molecule has 0 fully saturated rings. The number of hydrogen-bond donors (Lipinski definition) is 6. The van der Waals surface area contributed by atoms with Crippen LogP contribution in [-0.4, -0.2) is 57.7 Å². The Balaban J connectivity index is 2.14. The van der Waals surface area contributed by atoms with Gasteiger partial charge in [-0.25, -0.2) is 4.79 Å². The zero-order valence-electron chi connectivity index (χ0n) is 15.8. The molecule has 152 valence electrons. The number of rotatable bonds is 9. The van der Waals surface area contributed by atoms with Crippen LogP contribution < -0.4 is 16.4 Å². The fraction of sp³-hybridized carbons (Fsp3) is 0.421. The minimum absolute atomic E-state index is 0.0833. The van der Waals surface area contributed by atoms with Crippen molar-refractivity contribution in [2.24, 2.45) is 11.7 Å². The quantitative estimate of drug-likeness (QED) is 0.346. The number of aliphatic hydroxyl groups is 1. The molecule has 2 rings (SSSR count). The second-order valence-electron chi connectivity index (χ2n) is 6.98. The van der Waals surface area contributed by atoms with Crippen LogP contribution in [0.3, 0.4) is 0 Å². The van der Waals surface area contributed by atoms with Gasteiger partial charge in [-0.2, -0.15) is 0 Å². The van der Waals surface area contributed by atoms with Crippen LogP contribution in [0.5, 0.6) is 0 Å². The van der Waals surface area contributed by atoms with Gasteiger partial charge in [0.25, 0.3) is 0 Å². The van der Waals surface area contributed by atoms with Gasteiger partial charge in [-0.15, -0.1) is 0 Å². The molecule has 0 spiro atoms. The third-order valence-corrected chi connectivity index (χ3v) is 4.49. The van der Waals surface area contributed by atoms with E-state index in [1.54, 1.807) is 20.0 Å². The van der Waals surface area contributed by atoms with Gasteiger partial charge in [0.2, 0.25) is 11.8 Å². The maximum atomic E-state index is 12.6. The fourth-order valence-corrected chi connectivity index (χ4v) is 2.86. The molecule has 2 aromatic rings. The van der Waals surface area contributed by atoms with E-state index < -0.39 is 42.5 Å². The standard InChI is InChI=1S/C19H26N4O5/c1-10(2)16(23-17(25)13(20)9-24)18(26)22-15(19(27)28)7-11-8-21-14-6-4-3-5-12(11)14/h3-6,8,10,13,15-16,21,24H,7,9,20H2,1-2H3,(H,22,26)(H,23,25)(H,27,28)/t13-,15-,16-/m0/s1. The maximum absolute atomic E-state index is 12.6. The van der Waals surface area contributed by atoms with Gasteiger partial charge in [-0.05, 0) is 17.5 Å². The van der Waals surface area contributed by atoms with Crippen LogP contribution in [0.25, 0.3) is 10.9 Å². The zero-order valence-corrected chi connectivity index (χ0v) is 15.8. The van der Waals surface area contributed by atoms with Gasteiger partial charge in [0, 0.05) is 23.5 Å². The van der Waals surface area contributed by atoms with Gasteiger partial charge >= 0.3 is 5.97 Å². The average molecular weight is 390 g/mol. The third kappa shape index (κ3) is 5.08. The lowest BCUT2D eigenvalue weighted by atomic mass is 10.0. The number of aliphatic carboxylic acids is 1. The summed E-state index contributed by atoms with van der Waals surface area (Å²) in [6.07, 6.45) is 1.80. The number of nitrogens with one attached hydrogen (secondary N) is 3. The van der Waals surface area contributed by atoms with E-state index in [4.69, 9.17) is 10.8 Å². The molecule has 0 unspecified atom stereocenters. The number of benzene rings is 1. The van der Waals surface area contributed by atoms with Gasteiger partial charge in [0.1, 0.15) is 18.1 Å². The Hall–Kier alpha value is -2.91. The second kappa shape index (κ2) is 9.34. The summed E-state index contributed by atoms with van der Waals surface area (Å²) in [5.41, 5.74) is 7.10. The summed E-state index contributed by atoms with van der Waals surface area (Å²) in [5.74, 6) is -2.79. The van der Waals surface area contributed by atoms with Gasteiger partial charge in [0.15, 0.2) is 0 Å². The van der Waals surface area contributed by atoms with E-state index in [0.717, 1.165) is 16.5 Å². The number of aliphatic hydroxyl groups excluding tert-OH is 1. The van der Waals surface area contributed by atoms with Crippen molar-refractivity contribution in [1.82, 2.24) is 15.6 Å². The molecular weight excluding hydrogens is 364 g/mol. The molecule has 0 saturated carbocycles. The van der Waals surface area contributed by atoms with E-state index in [1.807, 2.05) is 24.3 Å². The summed E-state index contributed by atoms with van der Waals surface area (Å²) < 4.78 is 0. The second-order valence-corrected chi connectivity index (χ2v) is 6.98. The Kier molecular flexibility index (Phi) is 7.13. The first kappa shape index (κ1) is 21.4. The van der Waals surface area contributed by atoms with Gasteiger partial charge in [0.05, 0.1) is 6.61 Å². The van der Waals surface area contributed by atoms with Crippen molar-refractivity contribution in [1.29, 1.82) is 0 Å². The van der Waals surface area contributed by atoms with Gasteiger partial charge in [-0.3, -0.25) is 9.59 Å². The smallest absolute Gasteiger partial charge is 0.326 e. The van der Waals surface area contributed by atoms with Gasteiger partial charge in [-0.1, -0.05) is 32.0 Å². The topological polar surface area (TPSA) is 158 Å². The highest BCUT2D eigenvalue weighted by molar-refractivity contribution is 5.92. The minimum Gasteiger partial charge on any atom is -0.480 e. The number of carboxylic acids is 1. The van der Waals surface area contributed by atoms with Crippen molar-refractivity contribution >= 4 is 28.7 Å². The molecule has 9 nitrogen and oxygen atoms in total. The Bertz CT molecular complexity index is 848. The van der Waals surface area contributed by atoms with Crippen molar-refractivity contribution < 1.29 is 24.6 Å². The normalized spacial score (nSPS) is 14.5. The highest BCUT2D eigenvalue weighted by atomic mass is 16.4. The molecule has 0 bridgehead atoms. The first-order chi connectivity index (χ1) is 13.2. The Morgan fingerprint density at radius 2 is 1.82 bits per heavy atom. The highest BCUT2D eigenvalue weighted by Crippen LogP contribution is 2.19. The molecule has 0 aliphatic carbocycles. The number of carbonyl (C=O) groups is 3. The molecule has 1 heterocycles. The lowest BCUT2D eigenvalue weighted by Gasteiger charge is -2.25. The van der Waals surface area contributed by atoms with E-state index in [2.05, 4.69) is 15.6 Å². The summed E-state index contributed by atoms with van der Waals surface area (Å²) >= 11 is 0. The Morgan fingerprint density at radius 1 is 1.14 bits per heavy atom. The van der Waals surface area contributed by atoms with Crippen LogP contribution in [0.1, 0.15) is 19.4 Å². The van der Waals surface area contributed by atoms with E-state index in [9.17, 15) is 19.5 Å². The number of para-hydroxylation sites is 1. The number of aromatic amines is 1. The molecule has 1 aromatic carbocycles. The number of carboxylic acid groups (broad SMARTS) is 1. The van der Waals surface area contributed by atoms with E-state index >= 15 is 0 Å². The van der Waals surface area contributed by atoms with Crippen LogP contribution in [0, 0.1) is 5.92 Å². The van der Waals surface area contributed by atoms with Gasteiger partial charge < -0.3 is 31.6 Å². The van der Waals surface area contributed by atoms with Crippen molar-refractivity contribution in [3.05, 3.63) is 36.0 Å². The molecule has 28 heavy (non-hydrogen) atoms. The predicted molar refractivity (Wildman–Crippen MR) is 103 cm³/mol. The molecule has 2 amide bonds. The summed E-state index contributed by atoms with van der Waals surface area (Å²) in [5, 5.41) is 24.4. The monoisotopic (exact) mass is 390 g/mol. The van der Waals surface area contributed by atoms with Crippen molar-refractivity contribution in [2.45, 2.75) is 38.4 Å². The van der Waals surface area contributed by atoms with Crippen molar-refractivity contribution in [2.75, 3.05) is 6.61 Å². The number of aromatic nitrogens is 1. The number of amides is 2. The number of H-pyrrole nitrogens is 1. The average Bonchev–Trinajstić information content (AvgIpc) is 3.07. The first-order valence-corrected chi connectivity index (χ1v) is 8.99. The maximum Gasteiger partial charge on any atom is 0.326 e. The minimum atomic E-state index is -1.18. The Labute approximate surface area is 162 Å². The number of hydrogen-bond acceptors (Lipinski definition) is 5. The molecule has 9 heteroatoms. The van der Waals surface area contributed by atoms with Crippen LogP contribution in [0.2, 0.25) is 0 Å². The molecule has 0 aliphatic rings. The number of fused-ring (bicyclic) bond motifs is 1. The third-order valence-electron chi connectivity index (χ3n) is 4.49. The van der Waals surface area contributed by atoms with Crippen LogP contribution in [-0.2, 0) is 20.8 Å². The molecule has 3 atom stereocenters. The number of carbonyl (C=O) groups excluding carboxylic acids is 2. The lowest BCUT2D eigenvalue weighted by Crippen LogP contribution is -2.57. The first-order valence-electron chi connectivity index (χ1n) is 8.99. The highest BCUT2D eigenvalue weighted by Gasteiger charge is 2.30. The summed E-state index contributed by atoms with van der Waals surface area (Å²) in [4.78, 5) is 39.3. The van der Waals surface area contributed by atoms with E-state index in [0.29, 0.717) is 0 Å². The molecule has 0 saturated heterocycles. The fourth-order valence-electron chi connectivity index (χ4n) is 2.86. The summed E-state index contributed by atoms with van der Waals surface area (Å²) in [7, 11) is 0. The zero-order chi connectivity index (χ0) is 20.8. The van der Waals surface area contributed by atoms with E-state index in [-0.39, 0.29) is 12.3 Å². The summed E-state index contributed by atoms with van der Waals surface area (Å²) in [6, 6.07) is 4.16. The molecular formula is C19H26N4O5. The predicted octanol–water partition coefficient (Wildman–Crippen LogP) is -0.260. The van der Waals surface area contributed by atoms with Crippen LogP contribution >= 0.6 is 0 Å². The lowest BCUT2D eigenvalue weighted by molar-refractivity contribution is -0.142. The van der Waals surface area contributed by atoms with Crippen molar-refractivity contribution in [3.8, 4) is 0 Å². The SMILES string of the molecule is CC(C)[C@H](NC(=O)[C@@H](N)CO)C(=O)N[C@@H](Cc1c[nH]c2ccccc12)C(=O)O. The summed E-state index contributed by atoms with van der Waals surface area (Å²) in [6.45, 7) is 2.87. The molecule has 7 N–H and O–H groups in total. The van der Waals surface area contributed by atoms with Crippen LogP contribution in [0.4, 0.5) is 0 Å². The molecule has 0 aliphatic heterocycles. The molecule has 1 aromatic heterocycles. The Morgan fingerprint density at radius 3 is 2.43 bits per heavy atom. The van der Waals surface area contributed by atoms with Crippen LogP contribution in [0.15, 0.2) is 30.5 Å². The number of nitrogens with two attached hydrogens (primary N) is 1. The van der Waals surface area contributed by atoms with E-state index in [1.165, 1.54) is 0 Å². The molecule has 0 radical (unpaired) electrons.